The number of piperidine rings is 2. The molecular formula is C38H52N6O5S. The van der Waals surface area contributed by atoms with Gasteiger partial charge in [0.25, 0.3) is 0 Å². The molecule has 3 aliphatic rings. The first-order valence-electron chi connectivity index (χ1n) is 18.2. The molecule has 3 amide bonds. The van der Waals surface area contributed by atoms with Crippen molar-refractivity contribution in [3.8, 4) is 10.4 Å². The molecule has 270 valence electrons. The zero-order chi connectivity index (χ0) is 35.5. The van der Waals surface area contributed by atoms with Crippen molar-refractivity contribution in [2.45, 2.75) is 103 Å². The van der Waals surface area contributed by atoms with Crippen molar-refractivity contribution in [1.82, 2.24) is 30.2 Å². The Kier molecular flexibility index (Phi) is 11.4. The highest BCUT2D eigenvalue weighted by molar-refractivity contribution is 7.13. The second kappa shape index (κ2) is 15.7. The zero-order valence-electron chi connectivity index (χ0n) is 30.0. The van der Waals surface area contributed by atoms with Gasteiger partial charge < -0.3 is 29.6 Å². The third kappa shape index (κ3) is 8.13. The molecule has 4 atom stereocenters. The lowest BCUT2D eigenvalue weighted by atomic mass is 9.91. The third-order valence-corrected chi connectivity index (χ3v) is 11.9. The number of benzene rings is 1. The number of amides is 3. The van der Waals surface area contributed by atoms with Crippen LogP contribution in [0.3, 0.4) is 0 Å². The van der Waals surface area contributed by atoms with Gasteiger partial charge in [-0.25, -0.2) is 4.98 Å². The lowest BCUT2D eigenvalue weighted by Gasteiger charge is -2.41. The first-order valence-corrected chi connectivity index (χ1v) is 19.1. The molecule has 2 unspecified atom stereocenters. The Labute approximate surface area is 299 Å². The van der Waals surface area contributed by atoms with Crippen LogP contribution in [-0.2, 0) is 14.4 Å². The molecule has 0 bridgehead atoms. The number of aliphatic hydroxyl groups is 1. The first-order chi connectivity index (χ1) is 24.0. The van der Waals surface area contributed by atoms with E-state index in [9.17, 15) is 19.5 Å². The van der Waals surface area contributed by atoms with E-state index in [2.05, 4.69) is 27.3 Å². The van der Waals surface area contributed by atoms with Gasteiger partial charge in [0.2, 0.25) is 17.7 Å². The maximum Gasteiger partial charge on any atom is 0.243 e. The first kappa shape index (κ1) is 36.2. The average molecular weight is 705 g/mol. The molecule has 0 saturated carbocycles. The summed E-state index contributed by atoms with van der Waals surface area (Å²) in [5.41, 5.74) is 5.28. The van der Waals surface area contributed by atoms with E-state index in [-0.39, 0.29) is 43.0 Å². The number of rotatable bonds is 10. The minimum atomic E-state index is -0.887. The lowest BCUT2D eigenvalue weighted by molar-refractivity contribution is -0.141. The van der Waals surface area contributed by atoms with E-state index in [4.69, 9.17) is 4.52 Å². The van der Waals surface area contributed by atoms with Crippen LogP contribution in [0.1, 0.15) is 94.0 Å². The van der Waals surface area contributed by atoms with Gasteiger partial charge in [0, 0.05) is 38.2 Å². The van der Waals surface area contributed by atoms with Crippen LogP contribution in [0.2, 0.25) is 0 Å². The number of likely N-dealkylation sites (tertiary alicyclic amines) is 3. The number of hydrogen-bond donors (Lipinski definition) is 2. The van der Waals surface area contributed by atoms with Gasteiger partial charge in [0.15, 0.2) is 0 Å². The Hall–Kier alpha value is -3.61. The number of nitrogens with zero attached hydrogens (tertiary/aromatic N) is 5. The van der Waals surface area contributed by atoms with Gasteiger partial charge in [-0.2, -0.15) is 0 Å². The predicted molar refractivity (Wildman–Crippen MR) is 192 cm³/mol. The van der Waals surface area contributed by atoms with Crippen molar-refractivity contribution in [3.63, 3.8) is 0 Å². The quantitative estimate of drug-likeness (QED) is 0.299. The van der Waals surface area contributed by atoms with Crippen LogP contribution in [0.5, 0.6) is 0 Å². The fourth-order valence-electron chi connectivity index (χ4n) is 7.89. The highest BCUT2D eigenvalue weighted by Crippen LogP contribution is 2.33. The van der Waals surface area contributed by atoms with E-state index in [0.29, 0.717) is 30.6 Å². The Balaban J connectivity index is 1.19. The number of aliphatic hydroxyl groups excluding tert-OH is 1. The van der Waals surface area contributed by atoms with Gasteiger partial charge in [0.1, 0.15) is 17.7 Å². The minimum Gasteiger partial charge on any atom is -0.391 e. The standard InChI is InChI=1S/C38H52N6O5S/c1-23(2)35(33-18-25(4)41-49-33)38(48)44-21-30(45)19-32(44)37(47)40-31(27-6-8-28(9-7-27)36-26(5)39-22-50-36)20-34(46)43-16-12-29(13-17-43)42-14-10-24(3)11-15-42/h6-9,18,22-24,29-32,35,45H,10-17,19-21H2,1-5H3,(H,40,47)/t30-,31?,32?,35-/m1/s1. The zero-order valence-corrected chi connectivity index (χ0v) is 30.8. The Bertz CT molecular complexity index is 1620. The Morgan fingerprint density at radius 2 is 1.74 bits per heavy atom. The van der Waals surface area contributed by atoms with Gasteiger partial charge in [-0.15, -0.1) is 11.3 Å². The van der Waals surface area contributed by atoms with Crippen molar-refractivity contribution >= 4 is 29.1 Å². The molecule has 3 aliphatic heterocycles. The average Bonchev–Trinajstić information content (AvgIpc) is 3.84. The highest BCUT2D eigenvalue weighted by atomic mass is 32.1. The van der Waals surface area contributed by atoms with Gasteiger partial charge in [-0.3, -0.25) is 14.4 Å². The molecule has 3 aromatic rings. The van der Waals surface area contributed by atoms with E-state index < -0.39 is 24.1 Å². The topological polar surface area (TPSA) is 132 Å². The second-order valence-electron chi connectivity index (χ2n) is 15.0. The van der Waals surface area contributed by atoms with Crippen molar-refractivity contribution < 1.29 is 24.0 Å². The summed E-state index contributed by atoms with van der Waals surface area (Å²) in [4.78, 5) is 53.5. The highest BCUT2D eigenvalue weighted by Gasteiger charge is 2.44. The Morgan fingerprint density at radius 3 is 2.34 bits per heavy atom. The van der Waals surface area contributed by atoms with E-state index in [0.717, 1.165) is 53.5 Å². The number of thiazole rings is 1. The summed E-state index contributed by atoms with van der Waals surface area (Å²) >= 11 is 1.57. The molecule has 12 heteroatoms. The van der Waals surface area contributed by atoms with E-state index in [1.807, 2.05) is 55.4 Å². The van der Waals surface area contributed by atoms with Gasteiger partial charge in [-0.05, 0) is 75.6 Å². The molecule has 0 radical (unpaired) electrons. The normalized spacial score (nSPS) is 22.2. The van der Waals surface area contributed by atoms with Crippen molar-refractivity contribution in [3.05, 3.63) is 58.6 Å². The molecule has 6 rings (SSSR count). The monoisotopic (exact) mass is 704 g/mol. The molecule has 3 fully saturated rings. The van der Waals surface area contributed by atoms with Crippen LogP contribution in [0.25, 0.3) is 10.4 Å². The molecule has 50 heavy (non-hydrogen) atoms. The van der Waals surface area contributed by atoms with Crippen LogP contribution < -0.4 is 5.32 Å². The summed E-state index contributed by atoms with van der Waals surface area (Å²) in [6.07, 6.45) is 3.76. The SMILES string of the molecule is Cc1cc([C@H](C(=O)N2C[C@H](O)CC2C(=O)NC(CC(=O)N2CCC(N3CCC(C)CC3)CC2)c2ccc(-c3scnc3C)cc2)C(C)C)on1. The molecule has 0 spiro atoms. The maximum absolute atomic E-state index is 14.1. The molecule has 2 aromatic heterocycles. The van der Waals surface area contributed by atoms with Crippen LogP contribution in [0.15, 0.2) is 40.4 Å². The fourth-order valence-corrected chi connectivity index (χ4v) is 8.71. The van der Waals surface area contributed by atoms with E-state index in [1.165, 1.54) is 17.7 Å². The number of carbonyl (C=O) groups is 3. The summed E-state index contributed by atoms with van der Waals surface area (Å²) in [5, 5.41) is 17.9. The number of β-amino-alcohol motifs (C(OH)–C–C–N with tert-alkyl or cyclic N) is 1. The maximum atomic E-state index is 14.1. The van der Waals surface area contributed by atoms with E-state index >= 15 is 0 Å². The van der Waals surface area contributed by atoms with Gasteiger partial charge in [0.05, 0.1) is 40.3 Å². The second-order valence-corrected chi connectivity index (χ2v) is 15.8. The summed E-state index contributed by atoms with van der Waals surface area (Å²) in [6, 6.07) is 8.70. The molecule has 11 nitrogen and oxygen atoms in total. The molecule has 5 heterocycles. The van der Waals surface area contributed by atoms with Crippen LogP contribution >= 0.6 is 11.3 Å². The third-order valence-electron chi connectivity index (χ3n) is 10.9. The minimum absolute atomic E-state index is 0.00310. The summed E-state index contributed by atoms with van der Waals surface area (Å²) in [6.45, 7) is 13.7. The molecule has 3 saturated heterocycles. The number of hydrogen-bond acceptors (Lipinski definition) is 9. The molecular weight excluding hydrogens is 653 g/mol. The van der Waals surface area contributed by atoms with Gasteiger partial charge >= 0.3 is 0 Å². The van der Waals surface area contributed by atoms with E-state index in [1.54, 1.807) is 24.3 Å². The van der Waals surface area contributed by atoms with Crippen LogP contribution in [0.4, 0.5) is 0 Å². The van der Waals surface area contributed by atoms with Crippen molar-refractivity contribution in [2.24, 2.45) is 11.8 Å². The van der Waals surface area contributed by atoms with Crippen molar-refractivity contribution in [1.29, 1.82) is 0 Å². The molecule has 2 N–H and O–H groups in total. The van der Waals surface area contributed by atoms with Crippen LogP contribution in [-0.4, -0.2) is 98.6 Å². The Morgan fingerprint density at radius 1 is 1.04 bits per heavy atom. The van der Waals surface area contributed by atoms with Crippen LogP contribution in [0, 0.1) is 25.7 Å². The smallest absolute Gasteiger partial charge is 0.243 e. The number of aryl methyl sites for hydroxylation is 2. The van der Waals surface area contributed by atoms with Gasteiger partial charge in [-0.1, -0.05) is 50.2 Å². The summed E-state index contributed by atoms with van der Waals surface area (Å²) in [5.74, 6) is -0.199. The summed E-state index contributed by atoms with van der Waals surface area (Å²) < 4.78 is 5.50. The largest absolute Gasteiger partial charge is 0.391 e. The fraction of sp³-hybridized carbons (Fsp3) is 0.605. The number of aromatic nitrogens is 2. The number of nitrogens with one attached hydrogen (secondary N) is 1. The molecule has 0 aliphatic carbocycles. The molecule has 1 aromatic carbocycles. The number of carbonyl (C=O) groups excluding carboxylic acids is 3. The summed E-state index contributed by atoms with van der Waals surface area (Å²) in [7, 11) is 0. The lowest BCUT2D eigenvalue weighted by Crippen LogP contribution is -2.50. The van der Waals surface area contributed by atoms with Crippen molar-refractivity contribution in [2.75, 3.05) is 32.7 Å². The predicted octanol–water partition coefficient (Wildman–Crippen LogP) is 5.09.